The van der Waals surface area contributed by atoms with Gasteiger partial charge >= 0.3 is 0 Å². The van der Waals surface area contributed by atoms with Crippen molar-refractivity contribution in [1.29, 1.82) is 0 Å². The SMILES string of the molecule is [2H]c1nc2c(Br)c([2H])c([2H])c(C([2H])([2H])[2H])c2nc1[2H]. The second-order valence-corrected chi connectivity index (χ2v) is 2.88. The molecule has 0 unspecified atom stereocenters. The molecule has 1 aromatic heterocycles. The van der Waals surface area contributed by atoms with Gasteiger partial charge in [-0.2, -0.15) is 0 Å². The van der Waals surface area contributed by atoms with E-state index in [-0.39, 0.29) is 21.5 Å². The van der Waals surface area contributed by atoms with Gasteiger partial charge in [0.2, 0.25) is 0 Å². The van der Waals surface area contributed by atoms with Crippen LogP contribution in [-0.4, -0.2) is 9.97 Å². The smallest absolute Gasteiger partial charge is 0.103 e. The number of hydrogen-bond acceptors (Lipinski definition) is 2. The number of aryl methyl sites for hydroxylation is 1. The predicted molar refractivity (Wildman–Crippen MR) is 52.0 cm³/mol. The lowest BCUT2D eigenvalue weighted by atomic mass is 10.2. The van der Waals surface area contributed by atoms with Gasteiger partial charge in [0.15, 0.2) is 0 Å². The van der Waals surface area contributed by atoms with Gasteiger partial charge < -0.3 is 0 Å². The number of halogens is 1. The second kappa shape index (κ2) is 2.83. The summed E-state index contributed by atoms with van der Waals surface area (Å²) in [6.45, 7) is -2.64. The van der Waals surface area contributed by atoms with Gasteiger partial charge in [-0.3, -0.25) is 9.97 Å². The van der Waals surface area contributed by atoms with Crippen LogP contribution in [0, 0.1) is 6.85 Å². The number of hydrogen-bond donors (Lipinski definition) is 0. The molecule has 0 aliphatic heterocycles. The fourth-order valence-electron chi connectivity index (χ4n) is 0.831. The van der Waals surface area contributed by atoms with Crippen molar-refractivity contribution in [3.05, 3.63) is 34.5 Å². The Hall–Kier alpha value is -0.960. The normalized spacial score (nSPS) is 19.9. The maximum atomic E-state index is 7.74. The molecule has 2 aromatic rings. The molecule has 0 aliphatic carbocycles. The van der Waals surface area contributed by atoms with Crippen LogP contribution in [0.15, 0.2) is 28.9 Å². The fraction of sp³-hybridized carbons (Fsp3) is 0.111. The van der Waals surface area contributed by atoms with Crippen molar-refractivity contribution in [2.45, 2.75) is 6.85 Å². The van der Waals surface area contributed by atoms with E-state index in [2.05, 4.69) is 25.9 Å². The number of aromatic nitrogens is 2. The first-order valence-electron chi connectivity index (χ1n) is 6.58. The lowest BCUT2D eigenvalue weighted by Crippen LogP contribution is -1.86. The summed E-state index contributed by atoms with van der Waals surface area (Å²) in [6, 6.07) is -0.809. The van der Waals surface area contributed by atoms with Crippen LogP contribution in [0.2, 0.25) is 0 Å². The molecule has 0 spiro atoms. The Labute approximate surface area is 88.6 Å². The van der Waals surface area contributed by atoms with Crippen molar-refractivity contribution in [2.24, 2.45) is 0 Å². The van der Waals surface area contributed by atoms with Crippen LogP contribution >= 0.6 is 15.9 Å². The number of benzene rings is 1. The van der Waals surface area contributed by atoms with Crippen molar-refractivity contribution < 1.29 is 9.60 Å². The van der Waals surface area contributed by atoms with E-state index in [4.69, 9.17) is 9.60 Å². The van der Waals surface area contributed by atoms with Crippen LogP contribution in [0.5, 0.6) is 0 Å². The molecular weight excluding hydrogens is 216 g/mol. The highest BCUT2D eigenvalue weighted by Crippen LogP contribution is 2.22. The third-order valence-electron chi connectivity index (χ3n) is 1.35. The summed E-state index contributed by atoms with van der Waals surface area (Å²) in [5.74, 6) is 0. The highest BCUT2D eigenvalue weighted by atomic mass is 79.9. The molecule has 60 valence electrons. The lowest BCUT2D eigenvalue weighted by molar-refractivity contribution is 1.27. The summed E-state index contributed by atoms with van der Waals surface area (Å²) in [4.78, 5) is 7.50. The zero-order valence-electron chi connectivity index (χ0n) is 12.8. The van der Waals surface area contributed by atoms with Crippen LogP contribution in [0.1, 0.15) is 15.2 Å². The van der Waals surface area contributed by atoms with Gasteiger partial charge in [-0.25, -0.2) is 0 Å². The van der Waals surface area contributed by atoms with Crippen molar-refractivity contribution in [3.63, 3.8) is 0 Å². The van der Waals surface area contributed by atoms with Crippen molar-refractivity contribution in [3.8, 4) is 0 Å². The maximum Gasteiger partial charge on any atom is 0.103 e. The molecule has 12 heavy (non-hydrogen) atoms. The first-order chi connectivity index (χ1) is 8.64. The van der Waals surface area contributed by atoms with Crippen LogP contribution < -0.4 is 0 Å². The van der Waals surface area contributed by atoms with Gasteiger partial charge in [0.05, 0.1) is 11.0 Å². The van der Waals surface area contributed by atoms with E-state index in [9.17, 15) is 0 Å². The molecule has 0 N–H and O–H groups in total. The summed E-state index contributed by atoms with van der Waals surface area (Å²) in [7, 11) is 0. The molecule has 0 atom stereocenters. The Morgan fingerprint density at radius 2 is 2.08 bits per heavy atom. The minimum atomic E-state index is -2.64. The van der Waals surface area contributed by atoms with E-state index in [1.54, 1.807) is 0 Å². The number of rotatable bonds is 0. The molecule has 0 amide bonds. The standard InChI is InChI=1S/C9H7BrN2/c1-6-2-3-7(10)9-8(6)11-4-5-12-9/h2-5H,1H3/i1D3,2D,3D,4D,5D. The zero-order chi connectivity index (χ0) is 14.5. The molecule has 2 nitrogen and oxygen atoms in total. The van der Waals surface area contributed by atoms with Crippen LogP contribution in [0.4, 0.5) is 0 Å². The summed E-state index contributed by atoms with van der Waals surface area (Å²) in [5.41, 5.74) is -0.557. The monoisotopic (exact) mass is 229 g/mol. The summed E-state index contributed by atoms with van der Waals surface area (Å²) in [5, 5.41) is 0. The highest BCUT2D eigenvalue weighted by molar-refractivity contribution is 9.10. The minimum Gasteiger partial charge on any atom is -0.253 e. The number of fused-ring (bicyclic) bond motifs is 1. The molecular formula is C9H7BrN2. The second-order valence-electron chi connectivity index (χ2n) is 2.08. The van der Waals surface area contributed by atoms with Crippen molar-refractivity contribution in [2.75, 3.05) is 0 Å². The first kappa shape index (κ1) is 3.07. The maximum absolute atomic E-state index is 7.74. The Bertz CT molecular complexity index is 683. The summed E-state index contributed by atoms with van der Waals surface area (Å²) >= 11 is 3.05. The average Bonchev–Trinajstić information content (AvgIpc) is 2.28. The van der Waals surface area contributed by atoms with Gasteiger partial charge in [-0.1, -0.05) is 6.04 Å². The molecule has 1 heterocycles. The number of nitrogens with zero attached hydrogens (tertiary/aromatic N) is 2. The van der Waals surface area contributed by atoms with Crippen LogP contribution in [0.3, 0.4) is 0 Å². The van der Waals surface area contributed by atoms with Gasteiger partial charge in [0.25, 0.3) is 0 Å². The molecule has 0 saturated carbocycles. The van der Waals surface area contributed by atoms with E-state index in [0.29, 0.717) is 0 Å². The lowest BCUT2D eigenvalue weighted by Gasteiger charge is -2.00. The fourth-order valence-corrected chi connectivity index (χ4v) is 1.21. The third-order valence-corrected chi connectivity index (χ3v) is 1.93. The van der Waals surface area contributed by atoms with E-state index in [0.717, 1.165) is 0 Å². The largest absolute Gasteiger partial charge is 0.253 e. The topological polar surface area (TPSA) is 25.8 Å². The van der Waals surface area contributed by atoms with Crippen molar-refractivity contribution >= 4 is 27.0 Å². The Morgan fingerprint density at radius 3 is 2.83 bits per heavy atom. The quantitative estimate of drug-likeness (QED) is 0.695. The average molecular weight is 230 g/mol. The highest BCUT2D eigenvalue weighted by Gasteiger charge is 2.01. The van der Waals surface area contributed by atoms with Gasteiger partial charge in [0, 0.05) is 20.9 Å². The van der Waals surface area contributed by atoms with Crippen LogP contribution in [-0.2, 0) is 0 Å². The third kappa shape index (κ3) is 1.10. The van der Waals surface area contributed by atoms with Gasteiger partial charge in [-0.05, 0) is 34.4 Å². The zero-order valence-corrected chi connectivity index (χ0v) is 7.36. The van der Waals surface area contributed by atoms with Gasteiger partial charge in [-0.15, -0.1) is 0 Å². The van der Waals surface area contributed by atoms with E-state index in [1.807, 2.05) is 0 Å². The predicted octanol–water partition coefficient (Wildman–Crippen LogP) is 2.70. The molecule has 3 heteroatoms. The summed E-state index contributed by atoms with van der Waals surface area (Å²) in [6.07, 6.45) is -0.885. The Morgan fingerprint density at radius 1 is 1.33 bits per heavy atom. The molecule has 0 fully saturated rings. The molecule has 2 rings (SSSR count). The molecule has 0 saturated heterocycles. The Kier molecular flexibility index (Phi) is 0.723. The minimum absolute atomic E-state index is 0.00752. The van der Waals surface area contributed by atoms with E-state index in [1.165, 1.54) is 0 Å². The van der Waals surface area contributed by atoms with Crippen molar-refractivity contribution in [1.82, 2.24) is 9.97 Å². The van der Waals surface area contributed by atoms with E-state index >= 15 is 0 Å². The summed E-state index contributed by atoms with van der Waals surface area (Å²) < 4.78 is 52.7. The molecule has 0 radical (unpaired) electrons. The van der Waals surface area contributed by atoms with Gasteiger partial charge in [0.1, 0.15) is 5.52 Å². The first-order valence-corrected chi connectivity index (χ1v) is 3.88. The Balaban J connectivity index is 3.07. The molecule has 1 aromatic carbocycles. The van der Waals surface area contributed by atoms with Crippen LogP contribution in [0.25, 0.3) is 11.0 Å². The van der Waals surface area contributed by atoms with E-state index < -0.39 is 30.8 Å². The molecule has 0 bridgehead atoms. The molecule has 0 aliphatic rings.